The highest BCUT2D eigenvalue weighted by Gasteiger charge is 2.39. The van der Waals surface area contributed by atoms with Crippen molar-refractivity contribution in [3.05, 3.63) is 445 Å². The van der Waals surface area contributed by atoms with Crippen LogP contribution in [0.3, 0.4) is 0 Å². The van der Waals surface area contributed by atoms with Crippen LogP contribution < -0.4 is 19.6 Å². The second-order valence-electron chi connectivity index (χ2n) is 31.6. The van der Waals surface area contributed by atoms with Gasteiger partial charge in [-0.15, -0.1) is 0 Å². The molecule has 4 aliphatic heterocycles. The van der Waals surface area contributed by atoms with Crippen LogP contribution in [0.15, 0.2) is 400 Å². The van der Waals surface area contributed by atoms with Crippen LogP contribution in [-0.2, 0) is 0 Å². The zero-order chi connectivity index (χ0) is 75.5. The number of rotatable bonds is 5. The van der Waals surface area contributed by atoms with Crippen LogP contribution in [0.4, 0.5) is 68.2 Å². The molecule has 0 N–H and O–H groups in total. The molecule has 22 aromatic carbocycles. The smallest absolute Gasteiger partial charge is 0.0541 e. The highest BCUT2D eigenvalue weighted by atomic mass is 15.2. The summed E-state index contributed by atoms with van der Waals surface area (Å²) in [6, 6.07) is 151. The molecule has 4 heterocycles. The van der Waals surface area contributed by atoms with E-state index in [1.165, 1.54) is 191 Å². The Morgan fingerprint density at radius 1 is 0.121 bits per heavy atom. The first kappa shape index (κ1) is 63.3. The lowest BCUT2D eigenvalue weighted by Gasteiger charge is -2.40. The fraction of sp³-hybridized carbons (Fsp3) is 0. The van der Waals surface area contributed by atoms with Crippen molar-refractivity contribution >= 4 is 198 Å². The van der Waals surface area contributed by atoms with Gasteiger partial charge in [0.1, 0.15) is 0 Å². The van der Waals surface area contributed by atoms with E-state index in [1.54, 1.807) is 0 Å². The summed E-state index contributed by atoms with van der Waals surface area (Å²) in [6.07, 6.45) is 0. The Morgan fingerprint density at radius 2 is 0.371 bits per heavy atom. The van der Waals surface area contributed by atoms with E-state index >= 15 is 0 Å². The predicted molar refractivity (Wildman–Crippen MR) is 491 cm³/mol. The fourth-order valence-electron chi connectivity index (χ4n) is 21.1. The van der Waals surface area contributed by atoms with Crippen LogP contribution in [-0.4, -0.2) is 0 Å². The number of hydrogen-bond donors (Lipinski definition) is 0. The number of hydrogen-bond acceptors (Lipinski definition) is 4. The van der Waals surface area contributed by atoms with E-state index in [-0.39, 0.29) is 0 Å². The maximum atomic E-state index is 2.55. The van der Waals surface area contributed by atoms with E-state index in [2.05, 4.69) is 420 Å². The number of fused-ring (bicyclic) bond motifs is 14. The van der Waals surface area contributed by atoms with Gasteiger partial charge in [-0.1, -0.05) is 322 Å². The van der Waals surface area contributed by atoms with Crippen molar-refractivity contribution in [2.75, 3.05) is 19.6 Å². The third kappa shape index (κ3) is 8.76. The maximum absolute atomic E-state index is 2.55. The van der Waals surface area contributed by atoms with Gasteiger partial charge in [0.25, 0.3) is 0 Å². The molecule has 4 nitrogen and oxygen atoms in total. The van der Waals surface area contributed by atoms with Crippen LogP contribution >= 0.6 is 0 Å². The first-order valence-electron chi connectivity index (χ1n) is 40.3. The molecule has 0 amide bonds. The van der Waals surface area contributed by atoms with Crippen molar-refractivity contribution in [3.63, 3.8) is 0 Å². The van der Waals surface area contributed by atoms with E-state index in [0.29, 0.717) is 0 Å². The van der Waals surface area contributed by atoms with E-state index < -0.39 is 0 Å². The Hall–Kier alpha value is -15.4. The maximum Gasteiger partial charge on any atom is 0.0541 e. The number of anilines is 12. The largest absolute Gasteiger partial charge is 0.309 e. The summed E-state index contributed by atoms with van der Waals surface area (Å²) in [4.78, 5) is 10.1. The molecule has 4 aliphatic rings. The first-order valence-corrected chi connectivity index (χ1v) is 40.3. The van der Waals surface area contributed by atoms with Crippen molar-refractivity contribution in [1.82, 2.24) is 0 Å². The van der Waals surface area contributed by atoms with E-state index in [4.69, 9.17) is 0 Å². The van der Waals surface area contributed by atoms with Gasteiger partial charge in [-0.3, -0.25) is 0 Å². The number of nitrogens with zero attached hydrogens (tertiary/aromatic N) is 4. The lowest BCUT2D eigenvalue weighted by Crippen LogP contribution is -2.22. The predicted octanol–water partition coefficient (Wildman–Crippen LogP) is 30.9. The zero-order valence-electron chi connectivity index (χ0n) is 62.9. The summed E-state index contributed by atoms with van der Waals surface area (Å²) >= 11 is 0. The Balaban J connectivity index is 0.596. The summed E-state index contributed by atoms with van der Waals surface area (Å²) in [6.45, 7) is 0. The lowest BCUT2D eigenvalue weighted by molar-refractivity contribution is 1.23. The van der Waals surface area contributed by atoms with Crippen LogP contribution in [0.1, 0.15) is 44.5 Å². The average molecular weight is 1470 g/mol. The third-order valence-electron chi connectivity index (χ3n) is 25.9. The van der Waals surface area contributed by atoms with Gasteiger partial charge in [0.2, 0.25) is 0 Å². The molecule has 534 valence electrons. The molecule has 0 aliphatic carbocycles. The first-order chi connectivity index (χ1) is 57.6. The minimum atomic E-state index is 1.14. The molecule has 0 aromatic heterocycles. The number of benzene rings is 22. The van der Waals surface area contributed by atoms with Crippen LogP contribution in [0.5, 0.6) is 0 Å². The van der Waals surface area contributed by atoms with Gasteiger partial charge in [0.05, 0.1) is 68.2 Å². The van der Waals surface area contributed by atoms with Gasteiger partial charge < -0.3 is 19.6 Å². The molecule has 0 atom stereocenters. The molecule has 26 rings (SSSR count). The Kier molecular flexibility index (Phi) is 13.1. The molecule has 0 radical (unpaired) electrons. The van der Waals surface area contributed by atoms with Gasteiger partial charge >= 0.3 is 0 Å². The van der Waals surface area contributed by atoms with Gasteiger partial charge in [-0.05, 0) is 176 Å². The molecule has 4 heteroatoms. The van der Waals surface area contributed by atoms with Crippen LogP contribution in [0, 0.1) is 0 Å². The van der Waals surface area contributed by atoms with Gasteiger partial charge in [-0.25, -0.2) is 0 Å². The quantitative estimate of drug-likeness (QED) is 0.159. The highest BCUT2D eigenvalue weighted by Crippen LogP contribution is 2.62. The average Bonchev–Trinajstić information content (AvgIpc) is 0.705. The molecule has 0 saturated carbocycles. The zero-order valence-corrected chi connectivity index (χ0v) is 62.9. The minimum absolute atomic E-state index is 1.14. The Morgan fingerprint density at radius 3 is 0.793 bits per heavy atom. The monoisotopic (exact) mass is 1470 g/mol. The van der Waals surface area contributed by atoms with E-state index in [1.807, 2.05) is 0 Å². The van der Waals surface area contributed by atoms with Crippen molar-refractivity contribution < 1.29 is 0 Å². The third-order valence-corrected chi connectivity index (χ3v) is 25.9. The van der Waals surface area contributed by atoms with Gasteiger partial charge in [0, 0.05) is 88.3 Å². The van der Waals surface area contributed by atoms with E-state index in [0.717, 1.165) is 62.6 Å². The fourth-order valence-corrected chi connectivity index (χ4v) is 21.1. The van der Waals surface area contributed by atoms with Gasteiger partial charge in [-0.2, -0.15) is 0 Å². The van der Waals surface area contributed by atoms with Crippen molar-refractivity contribution in [1.29, 1.82) is 0 Å². The minimum Gasteiger partial charge on any atom is -0.309 e. The van der Waals surface area contributed by atoms with Crippen LogP contribution in [0.2, 0.25) is 0 Å². The lowest BCUT2D eigenvalue weighted by atomic mass is 9.79. The second-order valence-corrected chi connectivity index (χ2v) is 31.6. The molecule has 0 saturated heterocycles. The molecular weight excluding hydrogens is 1400 g/mol. The van der Waals surface area contributed by atoms with E-state index in [9.17, 15) is 0 Å². The molecule has 0 bridgehead atoms. The van der Waals surface area contributed by atoms with Gasteiger partial charge in [0.15, 0.2) is 0 Å². The SMILES string of the molecule is c1ccc2c(c1)C(=C1c3ccccc3N(c3cccc4c3ccc3ccc(-c5ccc6ccc7c(N8c9ccccc9C(=C9c%10ccccc%10N(c%10ccc%11ccc%12cccc%13ccc%10c%11c%12%13)c%10ccccc%109)c9ccccc98)ccc8ccc5c6c87)cc34)c3ccccc31)c1ccccc1N2c1cccc2c1ccc1ccccc12. The summed E-state index contributed by atoms with van der Waals surface area (Å²) in [7, 11) is 0. The van der Waals surface area contributed by atoms with Crippen molar-refractivity contribution in [2.45, 2.75) is 0 Å². The van der Waals surface area contributed by atoms with Crippen molar-refractivity contribution in [3.8, 4) is 11.1 Å². The second kappa shape index (κ2) is 24.1. The molecule has 0 unspecified atom stereocenters. The Bertz CT molecular complexity index is 7920. The van der Waals surface area contributed by atoms with Crippen molar-refractivity contribution in [2.24, 2.45) is 0 Å². The summed E-state index contributed by atoms with van der Waals surface area (Å²) in [5.41, 5.74) is 30.7. The number of para-hydroxylation sites is 8. The normalized spacial score (nSPS) is 13.6. The highest BCUT2D eigenvalue weighted by molar-refractivity contribution is 6.31. The molecule has 0 fully saturated rings. The summed E-state index contributed by atoms with van der Waals surface area (Å²) < 4.78 is 0. The molecule has 116 heavy (non-hydrogen) atoms. The molecule has 0 spiro atoms. The molecule has 22 aromatic rings. The molecular formula is C112H66N4. The standard InChI is InChI=1S/C112H66N4/c1-2-25-75-67(22-1)50-59-79-77(75)34-20-44-93(79)113-95-36-11-3-26-82(95)109(83-27-4-12-37-96(83)113)110-84-28-5-13-38-97(84)114(98-39-14-6-29-85(98)110)94-45-21-35-78-80(94)60-51-68-46-49-74(66-92(68)78)76-58-52-72-55-63-91-104(65-57-73-53-61-81(76)106(72)108(73)91)116-101-42-17-9-32-88(101)112(89-33-10-18-43-102(89)116)111-86-30-7-15-40-99(86)115(100-41-16-8-31-87(100)111)103-64-56-71-48-47-69-23-19-24-70-54-62-90(103)107(71)105(69)70/h1-66H. The summed E-state index contributed by atoms with van der Waals surface area (Å²) in [5, 5.41) is 24.9. The summed E-state index contributed by atoms with van der Waals surface area (Å²) in [5.74, 6) is 0. The Labute approximate surface area is 669 Å². The van der Waals surface area contributed by atoms with Crippen LogP contribution in [0.25, 0.3) is 141 Å². The topological polar surface area (TPSA) is 13.0 Å².